The van der Waals surface area contributed by atoms with E-state index in [0.29, 0.717) is 41.2 Å². The van der Waals surface area contributed by atoms with E-state index in [1.807, 2.05) is 24.3 Å². The number of hydrogen-bond acceptors (Lipinski definition) is 6. The molecule has 0 amide bonds. The van der Waals surface area contributed by atoms with Crippen molar-refractivity contribution in [1.82, 2.24) is 0 Å². The van der Waals surface area contributed by atoms with Gasteiger partial charge in [-0.3, -0.25) is 0 Å². The van der Waals surface area contributed by atoms with Gasteiger partial charge in [-0.2, -0.15) is 0 Å². The van der Waals surface area contributed by atoms with E-state index < -0.39 is 11.9 Å². The van der Waals surface area contributed by atoms with Gasteiger partial charge in [0.05, 0.1) is 6.61 Å². The monoisotopic (exact) mass is 600 g/mol. The summed E-state index contributed by atoms with van der Waals surface area (Å²) in [6.45, 7) is 16.1. The van der Waals surface area contributed by atoms with Crippen molar-refractivity contribution in [3.05, 3.63) is 133 Å². The zero-order valence-corrected chi connectivity index (χ0v) is 25.9. The van der Waals surface area contributed by atoms with Crippen molar-refractivity contribution in [2.24, 2.45) is 0 Å². The van der Waals surface area contributed by atoms with Crippen LogP contribution in [0, 0.1) is 0 Å². The minimum Gasteiger partial charge on any atom is -0.462 e. The number of aryl methyl sites for hydroxylation is 1. The van der Waals surface area contributed by atoms with E-state index in [-0.39, 0.29) is 5.97 Å². The Morgan fingerprint density at radius 1 is 0.511 bits per heavy atom. The Balaban J connectivity index is 1.62. The summed E-state index contributed by atoms with van der Waals surface area (Å²) in [7, 11) is 0. The highest BCUT2D eigenvalue weighted by atomic mass is 16.5. The highest BCUT2D eigenvalue weighted by Gasteiger charge is 2.11. The maximum atomic E-state index is 12.0. The van der Waals surface area contributed by atoms with E-state index in [0.717, 1.165) is 45.4 Å². The minimum atomic E-state index is -0.472. The summed E-state index contributed by atoms with van der Waals surface area (Å²) in [4.78, 5) is 35.5. The largest absolute Gasteiger partial charge is 0.462 e. The molecule has 6 heteroatoms. The molecule has 0 aliphatic carbocycles. The number of benzene rings is 4. The van der Waals surface area contributed by atoms with Gasteiger partial charge in [-0.05, 0) is 115 Å². The number of hydrogen-bond donors (Lipinski definition) is 0. The van der Waals surface area contributed by atoms with Gasteiger partial charge in [0.25, 0.3) is 0 Å². The van der Waals surface area contributed by atoms with Crippen LogP contribution in [-0.4, -0.2) is 24.5 Å². The van der Waals surface area contributed by atoms with Gasteiger partial charge in [0.15, 0.2) is 0 Å². The number of carbonyl (C=O) groups excluding carboxylic acids is 3. The zero-order chi connectivity index (χ0) is 32.5. The van der Waals surface area contributed by atoms with Gasteiger partial charge in [-0.15, -0.1) is 0 Å². The molecule has 45 heavy (non-hydrogen) atoms. The van der Waals surface area contributed by atoms with Crippen LogP contribution in [0.1, 0.15) is 32.8 Å². The second-order valence-electron chi connectivity index (χ2n) is 10.9. The van der Waals surface area contributed by atoms with E-state index in [9.17, 15) is 14.4 Å². The molecule has 0 fully saturated rings. The first-order valence-corrected chi connectivity index (χ1v) is 14.5. The first kappa shape index (κ1) is 32.4. The Morgan fingerprint density at radius 2 is 0.867 bits per heavy atom. The molecule has 0 N–H and O–H groups in total. The van der Waals surface area contributed by atoms with Crippen LogP contribution in [0.2, 0.25) is 0 Å². The van der Waals surface area contributed by atoms with Crippen LogP contribution in [0.25, 0.3) is 33.4 Å². The van der Waals surface area contributed by atoms with E-state index in [1.54, 1.807) is 45.0 Å². The predicted octanol–water partition coefficient (Wildman–Crippen LogP) is 8.70. The highest BCUT2D eigenvalue weighted by molar-refractivity contribution is 5.90. The fourth-order valence-corrected chi connectivity index (χ4v) is 4.37. The molecule has 0 atom stereocenters. The lowest BCUT2D eigenvalue weighted by atomic mass is 9.93. The summed E-state index contributed by atoms with van der Waals surface area (Å²) in [5.41, 5.74) is 8.08. The van der Waals surface area contributed by atoms with Crippen molar-refractivity contribution < 1.29 is 28.6 Å². The normalized spacial score (nSPS) is 10.5. The Kier molecular flexibility index (Phi) is 10.7. The molecule has 6 nitrogen and oxygen atoms in total. The molecule has 0 spiro atoms. The standard InChI is InChI=1S/C39H36O6/c1-25(2)37(40)43-21-7-8-28-9-11-29(12-10-28)32-22-33(30-13-17-35(18-14-30)44-38(41)26(3)4)24-34(23-32)31-15-19-36(20-16-31)45-39(42)27(5)6/h9-20,22-24H,1,3,5,7-8,21H2,2,4,6H3. The molecule has 0 saturated heterocycles. The molecule has 0 aliphatic heterocycles. The Morgan fingerprint density at radius 3 is 1.22 bits per heavy atom. The lowest BCUT2D eigenvalue weighted by Gasteiger charge is -2.13. The number of ether oxygens (including phenoxy) is 3. The summed E-state index contributed by atoms with van der Waals surface area (Å²) in [5, 5.41) is 0. The molecule has 0 bridgehead atoms. The summed E-state index contributed by atoms with van der Waals surface area (Å²) in [5.74, 6) is -0.437. The SMILES string of the molecule is C=C(C)C(=O)OCCCc1ccc(-c2cc(-c3ccc(OC(=O)C(=C)C)cc3)cc(-c3ccc(OC(=O)C(=C)C)cc3)c2)cc1. The molecule has 0 saturated carbocycles. The topological polar surface area (TPSA) is 78.9 Å². The number of carbonyl (C=O) groups is 3. The smallest absolute Gasteiger partial charge is 0.338 e. The van der Waals surface area contributed by atoms with Crippen molar-refractivity contribution in [3.8, 4) is 44.9 Å². The third kappa shape index (κ3) is 9.00. The van der Waals surface area contributed by atoms with Gasteiger partial charge < -0.3 is 14.2 Å². The maximum Gasteiger partial charge on any atom is 0.338 e. The second kappa shape index (κ2) is 14.8. The van der Waals surface area contributed by atoms with Crippen LogP contribution < -0.4 is 9.47 Å². The van der Waals surface area contributed by atoms with Crippen molar-refractivity contribution in [2.75, 3.05) is 6.61 Å². The number of esters is 3. The molecule has 0 unspecified atom stereocenters. The van der Waals surface area contributed by atoms with Crippen LogP contribution in [0.5, 0.6) is 11.5 Å². The Hall–Kier alpha value is -5.49. The van der Waals surface area contributed by atoms with E-state index in [4.69, 9.17) is 14.2 Å². The average molecular weight is 601 g/mol. The van der Waals surface area contributed by atoms with Gasteiger partial charge in [0.2, 0.25) is 0 Å². The summed E-state index contributed by atoms with van der Waals surface area (Å²) in [6, 6.07) is 29.3. The van der Waals surface area contributed by atoms with Gasteiger partial charge in [0.1, 0.15) is 11.5 Å². The zero-order valence-electron chi connectivity index (χ0n) is 25.9. The lowest BCUT2D eigenvalue weighted by Crippen LogP contribution is -2.07. The molecule has 0 heterocycles. The molecule has 4 aromatic rings. The highest BCUT2D eigenvalue weighted by Crippen LogP contribution is 2.34. The van der Waals surface area contributed by atoms with Gasteiger partial charge >= 0.3 is 17.9 Å². The molecular weight excluding hydrogens is 564 g/mol. The van der Waals surface area contributed by atoms with Crippen LogP contribution in [0.4, 0.5) is 0 Å². The number of rotatable bonds is 12. The quantitative estimate of drug-likeness (QED) is 0.0701. The van der Waals surface area contributed by atoms with Crippen LogP contribution in [0.15, 0.2) is 127 Å². The predicted molar refractivity (Wildman–Crippen MR) is 178 cm³/mol. The molecule has 0 radical (unpaired) electrons. The first-order chi connectivity index (χ1) is 21.5. The molecule has 4 aromatic carbocycles. The van der Waals surface area contributed by atoms with Crippen molar-refractivity contribution in [3.63, 3.8) is 0 Å². The molecule has 228 valence electrons. The summed E-state index contributed by atoms with van der Waals surface area (Å²) < 4.78 is 15.9. The van der Waals surface area contributed by atoms with Crippen LogP contribution in [-0.2, 0) is 25.5 Å². The molecule has 0 aliphatic rings. The van der Waals surface area contributed by atoms with Gasteiger partial charge in [-0.25, -0.2) is 14.4 Å². The summed E-state index contributed by atoms with van der Waals surface area (Å²) >= 11 is 0. The van der Waals surface area contributed by atoms with Crippen molar-refractivity contribution in [1.29, 1.82) is 0 Å². The molecule has 4 rings (SSSR count). The lowest BCUT2D eigenvalue weighted by molar-refractivity contribution is -0.139. The van der Waals surface area contributed by atoms with E-state index in [1.165, 1.54) is 0 Å². The fraction of sp³-hybridized carbons (Fsp3) is 0.154. The Labute approximate surface area is 264 Å². The van der Waals surface area contributed by atoms with Crippen molar-refractivity contribution >= 4 is 17.9 Å². The molecular formula is C39H36O6. The van der Waals surface area contributed by atoms with E-state index in [2.05, 4.69) is 62.2 Å². The third-order valence-corrected chi connectivity index (χ3v) is 6.91. The van der Waals surface area contributed by atoms with Crippen LogP contribution in [0.3, 0.4) is 0 Å². The Bertz CT molecular complexity index is 1650. The molecule has 0 aromatic heterocycles. The fourth-order valence-electron chi connectivity index (χ4n) is 4.37. The van der Waals surface area contributed by atoms with E-state index >= 15 is 0 Å². The summed E-state index contributed by atoms with van der Waals surface area (Å²) in [6.07, 6.45) is 1.49. The first-order valence-electron chi connectivity index (χ1n) is 14.5. The third-order valence-electron chi connectivity index (χ3n) is 6.91. The average Bonchev–Trinajstić information content (AvgIpc) is 3.03. The van der Waals surface area contributed by atoms with Crippen molar-refractivity contribution in [2.45, 2.75) is 33.6 Å². The van der Waals surface area contributed by atoms with Gasteiger partial charge in [0, 0.05) is 16.7 Å². The van der Waals surface area contributed by atoms with Crippen LogP contribution >= 0.6 is 0 Å². The second-order valence-corrected chi connectivity index (χ2v) is 10.9. The van der Waals surface area contributed by atoms with Gasteiger partial charge in [-0.1, -0.05) is 68.3 Å². The minimum absolute atomic E-state index is 0.328. The maximum absolute atomic E-state index is 12.0.